The zero-order chi connectivity index (χ0) is 12.8. The second-order valence-electron chi connectivity index (χ2n) is 4.71. The number of ether oxygens (including phenoxy) is 2. The molecule has 0 bridgehead atoms. The molecule has 1 aromatic carbocycles. The molecule has 0 spiro atoms. The molecule has 100 valence electrons. The number of hydrogen-bond acceptors (Lipinski definition) is 3. The van der Waals surface area contributed by atoms with E-state index in [1.165, 1.54) is 4.90 Å². The highest BCUT2D eigenvalue weighted by Crippen LogP contribution is 2.38. The Morgan fingerprint density at radius 2 is 1.94 bits per heavy atom. The standard InChI is InChI=1S/C14H19BrO2S/c1-16-12-2-4-13(5-3-12)18-11-14(10-15)6-8-17-9-7-14/h2-5H,6-11H2,1H3. The quantitative estimate of drug-likeness (QED) is 0.601. The van der Waals surface area contributed by atoms with Crippen molar-refractivity contribution in [3.63, 3.8) is 0 Å². The molecule has 2 nitrogen and oxygen atoms in total. The molecule has 0 unspecified atom stereocenters. The highest BCUT2D eigenvalue weighted by atomic mass is 79.9. The minimum Gasteiger partial charge on any atom is -0.497 e. The van der Waals surface area contributed by atoms with Crippen LogP contribution in [0.1, 0.15) is 12.8 Å². The van der Waals surface area contributed by atoms with Crippen molar-refractivity contribution in [1.82, 2.24) is 0 Å². The average molecular weight is 331 g/mol. The summed E-state index contributed by atoms with van der Waals surface area (Å²) in [4.78, 5) is 1.31. The third-order valence-corrected chi connectivity index (χ3v) is 5.99. The molecule has 2 rings (SSSR count). The normalized spacial score (nSPS) is 18.6. The Labute approximate surface area is 122 Å². The smallest absolute Gasteiger partial charge is 0.118 e. The maximum Gasteiger partial charge on any atom is 0.118 e. The van der Waals surface area contributed by atoms with Crippen molar-refractivity contribution in [3.05, 3.63) is 24.3 Å². The van der Waals surface area contributed by atoms with E-state index in [1.807, 2.05) is 23.9 Å². The van der Waals surface area contributed by atoms with Crippen LogP contribution in [0.25, 0.3) is 0 Å². The van der Waals surface area contributed by atoms with Gasteiger partial charge in [0.1, 0.15) is 5.75 Å². The van der Waals surface area contributed by atoms with Gasteiger partial charge in [0.2, 0.25) is 0 Å². The van der Waals surface area contributed by atoms with Gasteiger partial charge < -0.3 is 9.47 Å². The van der Waals surface area contributed by atoms with Gasteiger partial charge in [0.25, 0.3) is 0 Å². The summed E-state index contributed by atoms with van der Waals surface area (Å²) in [5.41, 5.74) is 0.392. The van der Waals surface area contributed by atoms with Crippen LogP contribution in [-0.4, -0.2) is 31.4 Å². The Balaban J connectivity index is 1.92. The third kappa shape index (κ3) is 3.65. The summed E-state index contributed by atoms with van der Waals surface area (Å²) >= 11 is 5.60. The summed E-state index contributed by atoms with van der Waals surface area (Å²) in [5, 5.41) is 1.06. The second-order valence-corrected chi connectivity index (χ2v) is 6.32. The predicted octanol–water partition coefficient (Wildman–Crippen LogP) is 3.98. The molecule has 0 N–H and O–H groups in total. The Morgan fingerprint density at radius 1 is 1.28 bits per heavy atom. The molecule has 1 fully saturated rings. The first-order valence-electron chi connectivity index (χ1n) is 6.19. The van der Waals surface area contributed by atoms with Crippen LogP contribution in [0, 0.1) is 5.41 Å². The van der Waals surface area contributed by atoms with E-state index in [0.29, 0.717) is 5.41 Å². The summed E-state index contributed by atoms with van der Waals surface area (Å²) in [6.45, 7) is 1.80. The fraction of sp³-hybridized carbons (Fsp3) is 0.571. The minimum atomic E-state index is 0.392. The van der Waals surface area contributed by atoms with Crippen LogP contribution in [0.15, 0.2) is 29.2 Å². The van der Waals surface area contributed by atoms with Crippen molar-refractivity contribution in [2.45, 2.75) is 17.7 Å². The summed E-state index contributed by atoms with van der Waals surface area (Å²) in [6, 6.07) is 8.30. The molecule has 0 aromatic heterocycles. The number of alkyl halides is 1. The number of methoxy groups -OCH3 is 1. The van der Waals surface area contributed by atoms with Gasteiger partial charge in [-0.25, -0.2) is 0 Å². The fourth-order valence-electron chi connectivity index (χ4n) is 2.03. The van der Waals surface area contributed by atoms with Crippen molar-refractivity contribution >= 4 is 27.7 Å². The van der Waals surface area contributed by atoms with Gasteiger partial charge in [-0.1, -0.05) is 15.9 Å². The first kappa shape index (κ1) is 14.2. The van der Waals surface area contributed by atoms with E-state index in [4.69, 9.17) is 9.47 Å². The molecule has 1 aromatic rings. The van der Waals surface area contributed by atoms with Gasteiger partial charge in [0, 0.05) is 29.2 Å². The fourth-order valence-corrected chi connectivity index (χ4v) is 4.24. The van der Waals surface area contributed by atoms with Gasteiger partial charge in [-0.2, -0.15) is 0 Å². The molecule has 1 heterocycles. The van der Waals surface area contributed by atoms with Gasteiger partial charge in [0.15, 0.2) is 0 Å². The van der Waals surface area contributed by atoms with Crippen molar-refractivity contribution in [2.75, 3.05) is 31.4 Å². The highest BCUT2D eigenvalue weighted by Gasteiger charge is 2.31. The molecule has 0 amide bonds. The Hall–Kier alpha value is -0.190. The monoisotopic (exact) mass is 330 g/mol. The number of rotatable bonds is 5. The molecule has 1 aliphatic rings. The lowest BCUT2D eigenvalue weighted by molar-refractivity contribution is 0.0374. The Morgan fingerprint density at radius 3 is 2.50 bits per heavy atom. The van der Waals surface area contributed by atoms with Crippen molar-refractivity contribution in [1.29, 1.82) is 0 Å². The maximum atomic E-state index is 5.46. The van der Waals surface area contributed by atoms with E-state index in [0.717, 1.165) is 42.9 Å². The second kappa shape index (κ2) is 6.83. The number of hydrogen-bond donors (Lipinski definition) is 0. The molecular formula is C14H19BrO2S. The van der Waals surface area contributed by atoms with Crippen molar-refractivity contribution in [3.8, 4) is 5.75 Å². The van der Waals surface area contributed by atoms with Crippen LogP contribution in [-0.2, 0) is 4.74 Å². The molecule has 1 saturated heterocycles. The maximum absolute atomic E-state index is 5.46. The largest absolute Gasteiger partial charge is 0.497 e. The first-order chi connectivity index (χ1) is 8.78. The summed E-state index contributed by atoms with van der Waals surface area (Å²) in [7, 11) is 1.70. The van der Waals surface area contributed by atoms with Crippen LogP contribution in [0.4, 0.5) is 0 Å². The van der Waals surface area contributed by atoms with Gasteiger partial charge >= 0.3 is 0 Å². The molecule has 18 heavy (non-hydrogen) atoms. The Bertz CT molecular complexity index is 361. The zero-order valence-corrected chi connectivity index (χ0v) is 13.1. The first-order valence-corrected chi connectivity index (χ1v) is 8.29. The average Bonchev–Trinajstić information content (AvgIpc) is 2.47. The van der Waals surface area contributed by atoms with Gasteiger partial charge in [-0.15, -0.1) is 11.8 Å². The van der Waals surface area contributed by atoms with Gasteiger partial charge in [0.05, 0.1) is 7.11 Å². The van der Waals surface area contributed by atoms with Crippen molar-refractivity contribution in [2.24, 2.45) is 5.41 Å². The van der Waals surface area contributed by atoms with E-state index < -0.39 is 0 Å². The topological polar surface area (TPSA) is 18.5 Å². The minimum absolute atomic E-state index is 0.392. The Kier molecular flexibility index (Phi) is 5.39. The summed E-state index contributed by atoms with van der Waals surface area (Å²) < 4.78 is 10.6. The third-order valence-electron chi connectivity index (χ3n) is 3.44. The number of thioether (sulfide) groups is 1. The molecular weight excluding hydrogens is 312 g/mol. The van der Waals surface area contributed by atoms with Crippen LogP contribution < -0.4 is 4.74 Å². The molecule has 0 aliphatic carbocycles. The van der Waals surface area contributed by atoms with E-state index in [1.54, 1.807) is 7.11 Å². The van der Waals surface area contributed by atoms with E-state index in [2.05, 4.69) is 28.1 Å². The molecule has 0 radical (unpaired) electrons. The lowest BCUT2D eigenvalue weighted by atomic mass is 9.85. The molecule has 0 saturated carbocycles. The molecule has 0 atom stereocenters. The number of halogens is 1. The summed E-state index contributed by atoms with van der Waals surface area (Å²) in [5.74, 6) is 2.06. The predicted molar refractivity (Wildman–Crippen MR) is 80.0 cm³/mol. The molecule has 4 heteroatoms. The molecule has 1 aliphatic heterocycles. The van der Waals surface area contributed by atoms with Crippen LogP contribution in [0.5, 0.6) is 5.75 Å². The van der Waals surface area contributed by atoms with E-state index >= 15 is 0 Å². The lowest BCUT2D eigenvalue weighted by Gasteiger charge is -2.35. The van der Waals surface area contributed by atoms with Crippen LogP contribution in [0.3, 0.4) is 0 Å². The van der Waals surface area contributed by atoms with E-state index in [-0.39, 0.29) is 0 Å². The van der Waals surface area contributed by atoms with Crippen molar-refractivity contribution < 1.29 is 9.47 Å². The zero-order valence-electron chi connectivity index (χ0n) is 10.7. The van der Waals surface area contributed by atoms with Gasteiger partial charge in [-0.3, -0.25) is 0 Å². The van der Waals surface area contributed by atoms with Crippen LogP contribution in [0.2, 0.25) is 0 Å². The van der Waals surface area contributed by atoms with Crippen LogP contribution >= 0.6 is 27.7 Å². The summed E-state index contributed by atoms with van der Waals surface area (Å²) in [6.07, 6.45) is 2.31. The highest BCUT2D eigenvalue weighted by molar-refractivity contribution is 9.09. The number of benzene rings is 1. The SMILES string of the molecule is COc1ccc(SCC2(CBr)CCOCC2)cc1. The van der Waals surface area contributed by atoms with Gasteiger partial charge in [-0.05, 0) is 42.5 Å². The van der Waals surface area contributed by atoms with E-state index in [9.17, 15) is 0 Å². The lowest BCUT2D eigenvalue weighted by Crippen LogP contribution is -2.33.